The summed E-state index contributed by atoms with van der Waals surface area (Å²) >= 11 is 0. The molecular formula is C22H25N3O3S. The molecule has 0 bridgehead atoms. The number of aryl methyl sites for hydroxylation is 1. The van der Waals surface area contributed by atoms with Crippen molar-refractivity contribution in [2.45, 2.75) is 44.0 Å². The molecule has 152 valence electrons. The first-order chi connectivity index (χ1) is 14.0. The number of likely N-dealkylation sites (tertiary alicyclic amines) is 1. The summed E-state index contributed by atoms with van der Waals surface area (Å²) in [5.74, 6) is -0.490. The molecule has 7 heteroatoms. The fraction of sp³-hybridized carbons (Fsp3) is 0.364. The van der Waals surface area contributed by atoms with Gasteiger partial charge in [-0.25, -0.2) is 8.42 Å². The zero-order valence-corrected chi connectivity index (χ0v) is 17.4. The maximum atomic E-state index is 13.2. The lowest BCUT2D eigenvalue weighted by Crippen LogP contribution is -2.43. The summed E-state index contributed by atoms with van der Waals surface area (Å²) in [4.78, 5) is 15.0. The standard InChI is InChI=1S/C22H25N3O3S/c1-17-9-8-10-18(15-17)16-25-19-11-4-5-12-20(19)29(27,28)21(23-25)22(26)24-13-6-2-3-7-14-24/h4-5,8-12,15H,2-3,6-7,13-14,16H2,1H3. The Morgan fingerprint density at radius 1 is 1.00 bits per heavy atom. The number of benzene rings is 2. The Balaban J connectivity index is 1.75. The van der Waals surface area contributed by atoms with Gasteiger partial charge in [-0.05, 0) is 37.5 Å². The number of anilines is 1. The molecule has 0 saturated carbocycles. The topological polar surface area (TPSA) is 70.1 Å². The summed E-state index contributed by atoms with van der Waals surface area (Å²) in [5.41, 5.74) is 2.62. The van der Waals surface area contributed by atoms with Crippen LogP contribution in [0.4, 0.5) is 5.69 Å². The van der Waals surface area contributed by atoms with E-state index in [0.29, 0.717) is 25.3 Å². The fourth-order valence-electron chi connectivity index (χ4n) is 3.89. The average molecular weight is 412 g/mol. The van der Waals surface area contributed by atoms with Crippen molar-refractivity contribution in [1.29, 1.82) is 0 Å². The fourth-order valence-corrected chi connectivity index (χ4v) is 5.37. The third kappa shape index (κ3) is 3.92. The van der Waals surface area contributed by atoms with Gasteiger partial charge in [0.05, 0.1) is 17.1 Å². The van der Waals surface area contributed by atoms with E-state index in [0.717, 1.165) is 36.8 Å². The van der Waals surface area contributed by atoms with Gasteiger partial charge in [0.1, 0.15) is 0 Å². The van der Waals surface area contributed by atoms with E-state index in [-0.39, 0.29) is 9.94 Å². The molecular weight excluding hydrogens is 386 g/mol. The minimum Gasteiger partial charge on any atom is -0.337 e. The number of hydrogen-bond donors (Lipinski definition) is 0. The summed E-state index contributed by atoms with van der Waals surface area (Å²) in [6.45, 7) is 3.56. The van der Waals surface area contributed by atoms with Gasteiger partial charge in [0.25, 0.3) is 5.91 Å². The third-order valence-electron chi connectivity index (χ3n) is 5.39. The monoisotopic (exact) mass is 411 g/mol. The molecule has 1 amide bonds. The van der Waals surface area contributed by atoms with Crippen molar-refractivity contribution >= 4 is 26.5 Å². The summed E-state index contributed by atoms with van der Waals surface area (Å²) in [7, 11) is -3.96. The number of fused-ring (bicyclic) bond motifs is 1. The lowest BCUT2D eigenvalue weighted by atomic mass is 10.1. The lowest BCUT2D eigenvalue weighted by Gasteiger charge is -2.29. The predicted octanol–water partition coefficient (Wildman–Crippen LogP) is 3.51. The largest absolute Gasteiger partial charge is 0.337 e. The molecule has 2 aliphatic rings. The maximum absolute atomic E-state index is 13.2. The second-order valence-electron chi connectivity index (χ2n) is 7.63. The Bertz CT molecular complexity index is 1050. The number of nitrogens with zero attached hydrogens (tertiary/aromatic N) is 3. The van der Waals surface area contributed by atoms with Crippen LogP contribution in [0.15, 0.2) is 58.5 Å². The Morgan fingerprint density at radius 2 is 1.72 bits per heavy atom. The van der Waals surface area contributed by atoms with E-state index in [4.69, 9.17) is 0 Å². The molecule has 2 heterocycles. The summed E-state index contributed by atoms with van der Waals surface area (Å²) in [5, 5.41) is 5.64. The van der Waals surface area contributed by atoms with E-state index in [1.54, 1.807) is 34.2 Å². The van der Waals surface area contributed by atoms with E-state index in [1.165, 1.54) is 0 Å². The second-order valence-corrected chi connectivity index (χ2v) is 9.46. The molecule has 1 saturated heterocycles. The number of rotatable bonds is 3. The van der Waals surface area contributed by atoms with Crippen molar-refractivity contribution in [3.63, 3.8) is 0 Å². The molecule has 4 rings (SSSR count). The van der Waals surface area contributed by atoms with E-state index in [9.17, 15) is 13.2 Å². The molecule has 0 radical (unpaired) electrons. The number of hydrogen-bond acceptors (Lipinski definition) is 5. The minimum absolute atomic E-state index is 0.140. The first-order valence-corrected chi connectivity index (χ1v) is 11.5. The van der Waals surface area contributed by atoms with Crippen LogP contribution in [-0.4, -0.2) is 37.4 Å². The number of sulfone groups is 1. The molecule has 0 atom stereocenters. The second kappa shape index (κ2) is 7.99. The number of amides is 1. The van der Waals surface area contributed by atoms with Crippen molar-refractivity contribution in [2.24, 2.45) is 5.10 Å². The van der Waals surface area contributed by atoms with Gasteiger partial charge in [0, 0.05) is 13.1 Å². The molecule has 0 unspecified atom stereocenters. The zero-order valence-electron chi connectivity index (χ0n) is 16.5. The SMILES string of the molecule is Cc1cccc(CN2N=C(C(=O)N3CCCCCC3)S(=O)(=O)c3ccccc32)c1. The highest BCUT2D eigenvalue weighted by Gasteiger charge is 2.39. The minimum atomic E-state index is -3.96. The first-order valence-electron chi connectivity index (χ1n) is 10.0. The quantitative estimate of drug-likeness (QED) is 0.775. The number of carbonyl (C=O) groups excluding carboxylic acids is 1. The summed E-state index contributed by atoms with van der Waals surface area (Å²) < 4.78 is 26.4. The van der Waals surface area contributed by atoms with Crippen LogP contribution in [0.2, 0.25) is 0 Å². The van der Waals surface area contributed by atoms with E-state index >= 15 is 0 Å². The van der Waals surface area contributed by atoms with E-state index in [1.807, 2.05) is 31.2 Å². The average Bonchev–Trinajstić information content (AvgIpc) is 2.99. The highest BCUT2D eigenvalue weighted by molar-refractivity contribution is 8.08. The van der Waals surface area contributed by atoms with Crippen LogP contribution in [-0.2, 0) is 21.2 Å². The van der Waals surface area contributed by atoms with Gasteiger partial charge >= 0.3 is 0 Å². The Morgan fingerprint density at radius 3 is 2.45 bits per heavy atom. The van der Waals surface area contributed by atoms with Crippen molar-refractivity contribution < 1.29 is 13.2 Å². The Hall–Kier alpha value is -2.67. The molecule has 2 aromatic rings. The Kier molecular flexibility index (Phi) is 5.41. The molecule has 6 nitrogen and oxygen atoms in total. The van der Waals surface area contributed by atoms with Crippen LogP contribution in [0, 0.1) is 6.92 Å². The predicted molar refractivity (Wildman–Crippen MR) is 113 cm³/mol. The number of hydrazone groups is 1. The normalized spacial score (nSPS) is 18.6. The molecule has 1 fully saturated rings. The van der Waals surface area contributed by atoms with Crippen LogP contribution in [0.1, 0.15) is 36.8 Å². The van der Waals surface area contributed by atoms with E-state index < -0.39 is 15.7 Å². The number of carbonyl (C=O) groups is 1. The van der Waals surface area contributed by atoms with Crippen molar-refractivity contribution in [2.75, 3.05) is 18.1 Å². The van der Waals surface area contributed by atoms with Crippen LogP contribution >= 0.6 is 0 Å². The van der Waals surface area contributed by atoms with Gasteiger partial charge in [-0.15, -0.1) is 0 Å². The molecule has 2 aromatic carbocycles. The number of para-hydroxylation sites is 1. The van der Waals surface area contributed by atoms with E-state index in [2.05, 4.69) is 5.10 Å². The van der Waals surface area contributed by atoms with Gasteiger partial charge in [0.15, 0.2) is 0 Å². The summed E-state index contributed by atoms with van der Waals surface area (Å²) in [6.07, 6.45) is 3.90. The van der Waals surface area contributed by atoms with Gasteiger partial charge < -0.3 is 4.90 Å². The van der Waals surface area contributed by atoms with Crippen LogP contribution in [0.5, 0.6) is 0 Å². The summed E-state index contributed by atoms with van der Waals surface area (Å²) in [6, 6.07) is 14.7. The molecule has 0 aromatic heterocycles. The third-order valence-corrected chi connectivity index (χ3v) is 7.08. The first kappa shape index (κ1) is 19.6. The van der Waals surface area contributed by atoms with Gasteiger partial charge in [-0.2, -0.15) is 5.10 Å². The van der Waals surface area contributed by atoms with Gasteiger partial charge in [-0.1, -0.05) is 54.8 Å². The molecule has 0 N–H and O–H groups in total. The maximum Gasteiger partial charge on any atom is 0.286 e. The zero-order chi connectivity index (χ0) is 20.4. The smallest absolute Gasteiger partial charge is 0.286 e. The molecule has 2 aliphatic heterocycles. The van der Waals surface area contributed by atoms with Crippen molar-refractivity contribution in [3.8, 4) is 0 Å². The Labute approximate surface area is 171 Å². The van der Waals surface area contributed by atoms with Crippen LogP contribution < -0.4 is 5.01 Å². The van der Waals surface area contributed by atoms with Crippen molar-refractivity contribution in [3.05, 3.63) is 59.7 Å². The van der Waals surface area contributed by atoms with Crippen LogP contribution in [0.25, 0.3) is 0 Å². The highest BCUT2D eigenvalue weighted by atomic mass is 32.2. The lowest BCUT2D eigenvalue weighted by molar-refractivity contribution is -0.123. The highest BCUT2D eigenvalue weighted by Crippen LogP contribution is 2.33. The molecule has 29 heavy (non-hydrogen) atoms. The van der Waals surface area contributed by atoms with Gasteiger partial charge in [-0.3, -0.25) is 9.80 Å². The molecule has 0 aliphatic carbocycles. The van der Waals surface area contributed by atoms with Crippen molar-refractivity contribution in [1.82, 2.24) is 4.90 Å². The van der Waals surface area contributed by atoms with Crippen LogP contribution in [0.3, 0.4) is 0 Å². The molecule has 0 spiro atoms. The van der Waals surface area contributed by atoms with Gasteiger partial charge in [0.2, 0.25) is 14.9 Å².